The Morgan fingerprint density at radius 1 is 1.44 bits per heavy atom. The van der Waals surface area contributed by atoms with Gasteiger partial charge < -0.3 is 10.6 Å². The lowest BCUT2D eigenvalue weighted by Crippen LogP contribution is -2.31. The Kier molecular flexibility index (Phi) is 3.97. The number of benzene rings is 1. The van der Waals surface area contributed by atoms with Crippen LogP contribution in [-0.2, 0) is 4.79 Å². The third-order valence-electron chi connectivity index (χ3n) is 3.06. The van der Waals surface area contributed by atoms with Gasteiger partial charge in [0.15, 0.2) is 0 Å². The molecule has 2 amide bonds. The number of hydrogen-bond acceptors (Lipinski definition) is 3. The summed E-state index contributed by atoms with van der Waals surface area (Å²) in [5, 5.41) is 0. The molecule has 1 aliphatic heterocycles. The fourth-order valence-electron chi connectivity index (χ4n) is 2.02. The second kappa shape index (κ2) is 5.32. The van der Waals surface area contributed by atoms with Gasteiger partial charge in [0.1, 0.15) is 0 Å². The van der Waals surface area contributed by atoms with E-state index in [9.17, 15) is 9.59 Å². The number of likely N-dealkylation sites (tertiary alicyclic amines) is 1. The van der Waals surface area contributed by atoms with Crippen molar-refractivity contribution < 1.29 is 9.59 Å². The zero-order valence-electron chi connectivity index (χ0n) is 9.60. The van der Waals surface area contributed by atoms with Crippen molar-refractivity contribution in [2.45, 2.75) is 11.3 Å². The molecule has 0 spiro atoms. The minimum absolute atomic E-state index is 0.0958. The molecule has 1 unspecified atom stereocenters. The van der Waals surface area contributed by atoms with E-state index in [0.29, 0.717) is 25.1 Å². The zero-order chi connectivity index (χ0) is 13.3. The normalized spacial score (nSPS) is 19.0. The van der Waals surface area contributed by atoms with Gasteiger partial charge in [-0.2, -0.15) is 0 Å². The smallest absolute Gasteiger partial charge is 0.255 e. The predicted octanol–water partition coefficient (Wildman–Crippen LogP) is 1.69. The number of nitrogens with zero attached hydrogens (tertiary/aromatic N) is 1. The van der Waals surface area contributed by atoms with Crippen molar-refractivity contribution in [1.29, 1.82) is 0 Å². The first-order valence-corrected chi connectivity index (χ1v) is 6.80. The average Bonchev–Trinajstić information content (AvgIpc) is 2.81. The van der Waals surface area contributed by atoms with Gasteiger partial charge in [0.05, 0.1) is 11.5 Å². The molecule has 0 bridgehead atoms. The lowest BCUT2D eigenvalue weighted by molar-refractivity contribution is -0.121. The number of carbonyl (C=O) groups is 2. The number of thiol groups is 1. The van der Waals surface area contributed by atoms with Crippen molar-refractivity contribution in [1.82, 2.24) is 4.90 Å². The molecular weight excluding hydrogens is 316 g/mol. The summed E-state index contributed by atoms with van der Waals surface area (Å²) in [6.45, 7) is 0.965. The highest BCUT2D eigenvalue weighted by molar-refractivity contribution is 9.10. The van der Waals surface area contributed by atoms with Crippen LogP contribution in [0.15, 0.2) is 27.6 Å². The Labute approximate surface area is 119 Å². The van der Waals surface area contributed by atoms with Gasteiger partial charge in [0.2, 0.25) is 5.91 Å². The van der Waals surface area contributed by atoms with Crippen LogP contribution in [0.2, 0.25) is 0 Å². The number of hydrogen-bond donors (Lipinski definition) is 2. The topological polar surface area (TPSA) is 63.4 Å². The van der Waals surface area contributed by atoms with E-state index in [4.69, 9.17) is 5.73 Å². The van der Waals surface area contributed by atoms with Crippen molar-refractivity contribution in [3.05, 3.63) is 28.2 Å². The molecule has 6 heteroatoms. The van der Waals surface area contributed by atoms with E-state index in [1.807, 2.05) is 0 Å². The molecule has 0 saturated carbocycles. The number of primary amides is 1. The van der Waals surface area contributed by atoms with Crippen molar-refractivity contribution in [3.8, 4) is 0 Å². The Hall–Kier alpha value is -1.01. The maximum atomic E-state index is 12.3. The molecule has 1 aromatic carbocycles. The molecule has 0 aromatic heterocycles. The van der Waals surface area contributed by atoms with Gasteiger partial charge in [0.25, 0.3) is 5.91 Å². The van der Waals surface area contributed by atoms with Gasteiger partial charge in [-0.05, 0) is 40.5 Å². The van der Waals surface area contributed by atoms with E-state index < -0.39 is 0 Å². The molecule has 2 N–H and O–H groups in total. The third kappa shape index (κ3) is 2.70. The van der Waals surface area contributed by atoms with Crippen LogP contribution in [0.4, 0.5) is 0 Å². The van der Waals surface area contributed by atoms with Crippen LogP contribution in [0, 0.1) is 5.92 Å². The zero-order valence-corrected chi connectivity index (χ0v) is 12.1. The summed E-state index contributed by atoms with van der Waals surface area (Å²) in [5.74, 6) is -0.666. The standard InChI is InChI=1S/C12H13BrN2O2S/c13-10-2-1-8(18)5-9(10)12(17)15-4-3-7(6-15)11(14)16/h1-2,5,7,18H,3-4,6H2,(H2,14,16). The lowest BCUT2D eigenvalue weighted by Gasteiger charge is -2.17. The summed E-state index contributed by atoms with van der Waals surface area (Å²) in [5.41, 5.74) is 5.82. The molecular formula is C12H13BrN2O2S. The quantitative estimate of drug-likeness (QED) is 0.811. The Morgan fingerprint density at radius 3 is 2.78 bits per heavy atom. The molecule has 0 radical (unpaired) electrons. The third-order valence-corrected chi connectivity index (χ3v) is 4.03. The summed E-state index contributed by atoms with van der Waals surface area (Å²) in [6, 6.07) is 5.31. The van der Waals surface area contributed by atoms with Crippen molar-refractivity contribution in [3.63, 3.8) is 0 Å². The summed E-state index contributed by atoms with van der Waals surface area (Å²) in [7, 11) is 0. The predicted molar refractivity (Wildman–Crippen MR) is 74.6 cm³/mol. The molecule has 4 nitrogen and oxygen atoms in total. The van der Waals surface area contributed by atoms with Gasteiger partial charge in [-0.1, -0.05) is 0 Å². The minimum atomic E-state index is -0.340. The van der Waals surface area contributed by atoms with Crippen LogP contribution in [0.25, 0.3) is 0 Å². The monoisotopic (exact) mass is 328 g/mol. The first kappa shape index (κ1) is 13.4. The lowest BCUT2D eigenvalue weighted by atomic mass is 10.1. The van der Waals surface area contributed by atoms with Gasteiger partial charge in [-0.3, -0.25) is 9.59 Å². The van der Waals surface area contributed by atoms with Crippen molar-refractivity contribution >= 4 is 40.4 Å². The number of amides is 2. The van der Waals surface area contributed by atoms with Crippen molar-refractivity contribution in [2.75, 3.05) is 13.1 Å². The Bertz CT molecular complexity index is 507. The fraction of sp³-hybridized carbons (Fsp3) is 0.333. The second-order valence-electron chi connectivity index (χ2n) is 4.30. The van der Waals surface area contributed by atoms with E-state index in [0.717, 1.165) is 9.37 Å². The van der Waals surface area contributed by atoms with Gasteiger partial charge >= 0.3 is 0 Å². The fourth-order valence-corrected chi connectivity index (χ4v) is 2.64. The molecule has 18 heavy (non-hydrogen) atoms. The first-order valence-electron chi connectivity index (χ1n) is 5.56. The maximum Gasteiger partial charge on any atom is 0.255 e. The summed E-state index contributed by atoms with van der Waals surface area (Å²) < 4.78 is 0.729. The van der Waals surface area contributed by atoms with Gasteiger partial charge in [-0.25, -0.2) is 0 Å². The van der Waals surface area contributed by atoms with E-state index in [1.54, 1.807) is 23.1 Å². The highest BCUT2D eigenvalue weighted by Gasteiger charge is 2.30. The van der Waals surface area contributed by atoms with Crippen LogP contribution in [0.3, 0.4) is 0 Å². The van der Waals surface area contributed by atoms with Gasteiger partial charge in [0, 0.05) is 22.5 Å². The number of nitrogens with two attached hydrogens (primary N) is 1. The van der Waals surface area contributed by atoms with Crippen LogP contribution in [-0.4, -0.2) is 29.8 Å². The highest BCUT2D eigenvalue weighted by atomic mass is 79.9. The van der Waals surface area contributed by atoms with Crippen LogP contribution >= 0.6 is 28.6 Å². The maximum absolute atomic E-state index is 12.3. The second-order valence-corrected chi connectivity index (χ2v) is 5.67. The SMILES string of the molecule is NC(=O)C1CCN(C(=O)c2cc(S)ccc2Br)C1. The first-order chi connectivity index (χ1) is 8.49. The minimum Gasteiger partial charge on any atom is -0.369 e. The molecule has 1 heterocycles. The molecule has 0 aliphatic carbocycles. The van der Waals surface area contributed by atoms with E-state index in [2.05, 4.69) is 28.6 Å². The number of halogens is 1. The molecule has 1 atom stereocenters. The summed E-state index contributed by atoms with van der Waals surface area (Å²) in [4.78, 5) is 25.8. The van der Waals surface area contributed by atoms with Gasteiger partial charge in [-0.15, -0.1) is 12.6 Å². The average molecular weight is 329 g/mol. The Balaban J connectivity index is 2.17. The molecule has 1 aromatic rings. The van der Waals surface area contributed by atoms with E-state index >= 15 is 0 Å². The molecule has 2 rings (SSSR count). The summed E-state index contributed by atoms with van der Waals surface area (Å²) >= 11 is 7.57. The molecule has 1 saturated heterocycles. The Morgan fingerprint density at radius 2 is 2.17 bits per heavy atom. The van der Waals surface area contributed by atoms with Crippen LogP contribution < -0.4 is 5.73 Å². The van der Waals surface area contributed by atoms with E-state index in [-0.39, 0.29) is 17.7 Å². The number of rotatable bonds is 2. The number of carbonyl (C=O) groups excluding carboxylic acids is 2. The van der Waals surface area contributed by atoms with E-state index in [1.165, 1.54) is 0 Å². The summed E-state index contributed by atoms with van der Waals surface area (Å²) in [6.07, 6.45) is 0.638. The van der Waals surface area contributed by atoms with Crippen LogP contribution in [0.5, 0.6) is 0 Å². The molecule has 1 aliphatic rings. The highest BCUT2D eigenvalue weighted by Crippen LogP contribution is 2.24. The molecule has 1 fully saturated rings. The van der Waals surface area contributed by atoms with Crippen LogP contribution in [0.1, 0.15) is 16.8 Å². The molecule has 96 valence electrons. The van der Waals surface area contributed by atoms with Crippen molar-refractivity contribution in [2.24, 2.45) is 11.7 Å². The largest absolute Gasteiger partial charge is 0.369 e.